The maximum absolute atomic E-state index is 12.7. The van der Waals surface area contributed by atoms with Gasteiger partial charge in [0.1, 0.15) is 23.4 Å². The third-order valence-electron chi connectivity index (χ3n) is 5.15. The van der Waals surface area contributed by atoms with Crippen molar-refractivity contribution in [3.05, 3.63) is 53.1 Å². The third-order valence-corrected chi connectivity index (χ3v) is 5.15. The van der Waals surface area contributed by atoms with Crippen LogP contribution in [0.3, 0.4) is 0 Å². The molecule has 1 aliphatic rings. The number of phenolic OH excluding ortho intramolecular Hbond substituents is 8. The fourth-order valence-corrected chi connectivity index (χ4v) is 3.55. The molecule has 11 nitrogen and oxygen atoms in total. The van der Waals surface area contributed by atoms with Gasteiger partial charge in [-0.3, -0.25) is 0 Å². The molecule has 1 heterocycles. The summed E-state index contributed by atoms with van der Waals surface area (Å²) in [6.45, 7) is 0. The number of aromatic hydroxyl groups is 8. The van der Waals surface area contributed by atoms with Crippen LogP contribution in [0.1, 0.15) is 27.6 Å². The molecule has 0 fully saturated rings. The molecule has 172 valence electrons. The van der Waals surface area contributed by atoms with E-state index < -0.39 is 52.7 Å². The lowest BCUT2D eigenvalue weighted by molar-refractivity contribution is -0.0189. The molecule has 0 aromatic heterocycles. The van der Waals surface area contributed by atoms with Gasteiger partial charge in [0, 0.05) is 29.7 Å². The summed E-state index contributed by atoms with van der Waals surface area (Å²) in [5, 5.41) is 78.2. The summed E-state index contributed by atoms with van der Waals surface area (Å²) in [5.41, 5.74) is -0.0189. The molecule has 2 atom stereocenters. The first kappa shape index (κ1) is 21.6. The lowest BCUT2D eigenvalue weighted by Gasteiger charge is -2.34. The number of hydrogen-bond donors (Lipinski definition) is 8. The van der Waals surface area contributed by atoms with E-state index in [9.17, 15) is 45.6 Å². The number of fused-ring (bicyclic) bond motifs is 1. The van der Waals surface area contributed by atoms with E-state index in [0.29, 0.717) is 0 Å². The van der Waals surface area contributed by atoms with Crippen molar-refractivity contribution in [1.29, 1.82) is 0 Å². The van der Waals surface area contributed by atoms with Gasteiger partial charge in [0.05, 0.1) is 5.56 Å². The lowest BCUT2D eigenvalue weighted by Crippen LogP contribution is -2.34. The van der Waals surface area contributed by atoms with E-state index >= 15 is 0 Å². The first-order valence-electron chi connectivity index (χ1n) is 9.47. The Morgan fingerprint density at radius 2 is 1.30 bits per heavy atom. The second-order valence-corrected chi connectivity index (χ2v) is 7.40. The Hall–Kier alpha value is -4.67. The van der Waals surface area contributed by atoms with Gasteiger partial charge in [-0.15, -0.1) is 0 Å². The molecule has 0 aliphatic carbocycles. The monoisotopic (exact) mass is 458 g/mol. The smallest absolute Gasteiger partial charge is 0.338 e. The van der Waals surface area contributed by atoms with Crippen molar-refractivity contribution in [3.8, 4) is 51.7 Å². The van der Waals surface area contributed by atoms with Crippen molar-refractivity contribution in [2.45, 2.75) is 18.6 Å². The molecule has 0 saturated carbocycles. The zero-order valence-corrected chi connectivity index (χ0v) is 16.6. The van der Waals surface area contributed by atoms with Crippen LogP contribution < -0.4 is 4.74 Å². The summed E-state index contributed by atoms with van der Waals surface area (Å²) in [6.07, 6.45) is -2.49. The van der Waals surface area contributed by atoms with Crippen LogP contribution in [-0.2, 0) is 11.2 Å². The molecule has 3 aromatic rings. The number of hydrogen-bond acceptors (Lipinski definition) is 11. The van der Waals surface area contributed by atoms with E-state index in [2.05, 4.69) is 0 Å². The van der Waals surface area contributed by atoms with Crippen molar-refractivity contribution in [3.63, 3.8) is 0 Å². The molecule has 0 saturated heterocycles. The van der Waals surface area contributed by atoms with Gasteiger partial charge in [0.25, 0.3) is 0 Å². The molecule has 11 heteroatoms. The second-order valence-electron chi connectivity index (χ2n) is 7.40. The highest BCUT2D eigenvalue weighted by Gasteiger charge is 2.37. The minimum Gasteiger partial charge on any atom is -0.508 e. The zero-order valence-electron chi connectivity index (χ0n) is 16.6. The number of phenols is 8. The number of carbonyl (C=O) groups is 1. The van der Waals surface area contributed by atoms with Crippen LogP contribution in [0.2, 0.25) is 0 Å². The zero-order chi connectivity index (χ0) is 24.0. The highest BCUT2D eigenvalue weighted by Crippen LogP contribution is 2.46. The van der Waals surface area contributed by atoms with Crippen LogP contribution in [-0.4, -0.2) is 52.9 Å². The Bertz CT molecular complexity index is 1220. The lowest BCUT2D eigenvalue weighted by atomic mass is 9.93. The molecule has 0 amide bonds. The molecule has 0 radical (unpaired) electrons. The van der Waals surface area contributed by atoms with E-state index in [4.69, 9.17) is 9.47 Å². The summed E-state index contributed by atoms with van der Waals surface area (Å²) in [7, 11) is 0. The molecule has 3 aromatic carbocycles. The maximum Gasteiger partial charge on any atom is 0.338 e. The van der Waals surface area contributed by atoms with Crippen molar-refractivity contribution in [2.24, 2.45) is 0 Å². The van der Waals surface area contributed by atoms with Gasteiger partial charge in [-0.25, -0.2) is 4.79 Å². The van der Waals surface area contributed by atoms with Crippen molar-refractivity contribution in [2.75, 3.05) is 0 Å². The number of esters is 1. The molecule has 8 N–H and O–H groups in total. The summed E-state index contributed by atoms with van der Waals surface area (Å²) in [6, 6.07) is 6.18. The predicted molar refractivity (Wildman–Crippen MR) is 109 cm³/mol. The predicted octanol–water partition coefficient (Wildman–Crippen LogP) is 2.23. The largest absolute Gasteiger partial charge is 0.508 e. The average Bonchev–Trinajstić information content (AvgIpc) is 2.75. The van der Waals surface area contributed by atoms with Crippen molar-refractivity contribution in [1.82, 2.24) is 0 Å². The van der Waals surface area contributed by atoms with E-state index in [1.165, 1.54) is 6.07 Å². The molecule has 1 unspecified atom stereocenters. The van der Waals surface area contributed by atoms with Crippen LogP contribution in [0, 0.1) is 0 Å². The Balaban J connectivity index is 1.75. The van der Waals surface area contributed by atoms with Crippen LogP contribution in [0.25, 0.3) is 0 Å². The van der Waals surface area contributed by atoms with E-state index in [0.717, 1.165) is 30.3 Å². The molecular formula is C22H18O11. The van der Waals surface area contributed by atoms with Crippen LogP contribution in [0.5, 0.6) is 51.7 Å². The minimum atomic E-state index is -1.18. The highest BCUT2D eigenvalue weighted by atomic mass is 16.6. The third kappa shape index (κ3) is 3.87. The quantitative estimate of drug-likeness (QED) is 0.212. The van der Waals surface area contributed by atoms with Gasteiger partial charge in [-0.1, -0.05) is 0 Å². The fraction of sp³-hybridized carbons (Fsp3) is 0.136. The van der Waals surface area contributed by atoms with Crippen molar-refractivity contribution < 1.29 is 55.1 Å². The fourth-order valence-electron chi connectivity index (χ4n) is 3.55. The summed E-state index contributed by atoms with van der Waals surface area (Å²) >= 11 is 0. The Morgan fingerprint density at radius 3 is 1.88 bits per heavy atom. The highest BCUT2D eigenvalue weighted by molar-refractivity contribution is 5.91. The number of carbonyl (C=O) groups excluding carboxylic acids is 1. The summed E-state index contributed by atoms with van der Waals surface area (Å²) in [5.74, 6) is -6.06. The SMILES string of the molecule is O=C(O[C@@H]1Cc2c(O)cc(O)cc2OC1c1cc(O)c(O)c(O)c1)c1cc(O)c(O)c(O)c1. The molecule has 33 heavy (non-hydrogen) atoms. The average molecular weight is 458 g/mol. The standard InChI is InChI=1S/C22H18O11/c23-10-5-12(24)11-7-18(33-22(31)9-3-15(27)20(30)16(28)4-9)21(32-17(11)6-10)8-1-13(25)19(29)14(26)2-8/h1-6,18,21,23-30H,7H2/t18-,21?/m1/s1. The van der Waals surface area contributed by atoms with Gasteiger partial charge in [-0.2, -0.15) is 0 Å². The number of rotatable bonds is 3. The molecule has 4 rings (SSSR count). The molecule has 0 spiro atoms. The van der Waals surface area contributed by atoms with E-state index in [1.807, 2.05) is 0 Å². The normalized spacial score (nSPS) is 17.1. The van der Waals surface area contributed by atoms with E-state index in [1.54, 1.807) is 0 Å². The van der Waals surface area contributed by atoms with Gasteiger partial charge in [0.2, 0.25) is 0 Å². The van der Waals surface area contributed by atoms with Gasteiger partial charge in [0.15, 0.2) is 40.6 Å². The van der Waals surface area contributed by atoms with Crippen LogP contribution >= 0.6 is 0 Å². The Morgan fingerprint density at radius 1 is 0.758 bits per heavy atom. The Kier molecular flexibility index (Phi) is 5.09. The first-order valence-corrected chi connectivity index (χ1v) is 9.47. The van der Waals surface area contributed by atoms with Crippen LogP contribution in [0.4, 0.5) is 0 Å². The molecule has 0 bridgehead atoms. The summed E-state index contributed by atoms with van der Waals surface area (Å²) < 4.78 is 11.3. The minimum absolute atomic E-state index is 0.0526. The molecular weight excluding hydrogens is 440 g/mol. The Labute approximate surface area is 185 Å². The maximum atomic E-state index is 12.7. The summed E-state index contributed by atoms with van der Waals surface area (Å²) in [4.78, 5) is 12.7. The topological polar surface area (TPSA) is 197 Å². The van der Waals surface area contributed by atoms with Crippen LogP contribution in [0.15, 0.2) is 36.4 Å². The van der Waals surface area contributed by atoms with Gasteiger partial charge < -0.3 is 50.3 Å². The van der Waals surface area contributed by atoms with Gasteiger partial charge in [-0.05, 0) is 24.3 Å². The van der Waals surface area contributed by atoms with E-state index in [-0.39, 0.29) is 40.4 Å². The first-order chi connectivity index (χ1) is 15.5. The molecule has 1 aliphatic heterocycles. The number of benzene rings is 3. The number of ether oxygens (including phenoxy) is 2. The van der Waals surface area contributed by atoms with Crippen molar-refractivity contribution >= 4 is 5.97 Å². The second kappa shape index (κ2) is 7.79. The van der Waals surface area contributed by atoms with Gasteiger partial charge >= 0.3 is 5.97 Å².